The zero-order chi connectivity index (χ0) is 12.3. The summed E-state index contributed by atoms with van der Waals surface area (Å²) in [6, 6.07) is 0. The molecule has 2 rings (SSSR count). The third-order valence-electron chi connectivity index (χ3n) is 2.07. The monoisotopic (exact) mass is 242 g/mol. The van der Waals surface area contributed by atoms with Crippen molar-refractivity contribution in [2.24, 2.45) is 0 Å². The van der Waals surface area contributed by atoms with E-state index in [9.17, 15) is 8.78 Å². The zero-order valence-electron chi connectivity index (χ0n) is 9.17. The molecule has 0 aromatic carbocycles. The van der Waals surface area contributed by atoms with Gasteiger partial charge in [-0.1, -0.05) is 0 Å². The minimum Gasteiger partial charge on any atom is -0.364 e. The van der Waals surface area contributed by atoms with Gasteiger partial charge in [-0.3, -0.25) is 5.10 Å². The molecule has 0 fully saturated rings. The second-order valence-corrected chi connectivity index (χ2v) is 3.33. The summed E-state index contributed by atoms with van der Waals surface area (Å²) in [6.45, 7) is 2.09. The maximum atomic E-state index is 12.2. The summed E-state index contributed by atoms with van der Waals surface area (Å²) in [4.78, 5) is 8.25. The molecule has 2 heterocycles. The van der Waals surface area contributed by atoms with Crippen LogP contribution in [0.1, 0.15) is 6.92 Å². The van der Waals surface area contributed by atoms with Crippen molar-refractivity contribution >= 4 is 22.8 Å². The van der Waals surface area contributed by atoms with E-state index in [1.165, 1.54) is 6.20 Å². The van der Waals surface area contributed by atoms with E-state index in [0.717, 1.165) is 0 Å². The summed E-state index contributed by atoms with van der Waals surface area (Å²) in [7, 11) is 0. The van der Waals surface area contributed by atoms with Gasteiger partial charge in [0.25, 0.3) is 6.43 Å². The lowest BCUT2D eigenvalue weighted by atomic mass is 10.4. The van der Waals surface area contributed by atoms with Crippen molar-refractivity contribution in [3.8, 4) is 0 Å². The Morgan fingerprint density at radius 2 is 2.18 bits per heavy atom. The third-order valence-corrected chi connectivity index (χ3v) is 2.07. The predicted molar refractivity (Wildman–Crippen MR) is 60.3 cm³/mol. The lowest BCUT2D eigenvalue weighted by Gasteiger charge is -2.08. The van der Waals surface area contributed by atoms with Crippen molar-refractivity contribution in [2.75, 3.05) is 23.7 Å². The molecule has 6 nitrogen and oxygen atoms in total. The molecule has 0 amide bonds. The molecule has 0 atom stereocenters. The van der Waals surface area contributed by atoms with Gasteiger partial charge in [-0.05, 0) is 6.92 Å². The van der Waals surface area contributed by atoms with Gasteiger partial charge in [0, 0.05) is 6.54 Å². The van der Waals surface area contributed by atoms with Crippen LogP contribution in [-0.2, 0) is 0 Å². The van der Waals surface area contributed by atoms with Crippen LogP contribution in [0.15, 0.2) is 6.20 Å². The molecule has 92 valence electrons. The third kappa shape index (κ3) is 2.58. The number of halogens is 2. The maximum absolute atomic E-state index is 12.2. The van der Waals surface area contributed by atoms with E-state index < -0.39 is 13.0 Å². The molecule has 0 unspecified atom stereocenters. The summed E-state index contributed by atoms with van der Waals surface area (Å²) < 4.78 is 24.3. The smallest absolute Gasteiger partial charge is 0.255 e. The van der Waals surface area contributed by atoms with Crippen LogP contribution in [0.5, 0.6) is 0 Å². The molecule has 0 spiro atoms. The molecule has 2 aromatic heterocycles. The van der Waals surface area contributed by atoms with Gasteiger partial charge in [0.05, 0.1) is 18.1 Å². The number of hydrogen-bond acceptors (Lipinski definition) is 5. The van der Waals surface area contributed by atoms with E-state index in [0.29, 0.717) is 29.3 Å². The standard InChI is InChI=1S/C9H12F2N6/c1-2-12-9-15-7(13-4-6(10)11)5-3-14-17-8(5)16-9/h3,6H,2,4H2,1H3,(H3,12,13,14,15,16,17). The van der Waals surface area contributed by atoms with Crippen LogP contribution in [0, 0.1) is 0 Å². The summed E-state index contributed by atoms with van der Waals surface area (Å²) in [5.41, 5.74) is 0.507. The summed E-state index contributed by atoms with van der Waals surface area (Å²) in [5.74, 6) is 0.723. The molecule has 0 saturated heterocycles. The molecule has 8 heteroatoms. The molecule has 0 saturated carbocycles. The molecule has 0 aliphatic rings. The van der Waals surface area contributed by atoms with Crippen molar-refractivity contribution in [3.63, 3.8) is 0 Å². The minimum absolute atomic E-state index is 0.347. The second-order valence-electron chi connectivity index (χ2n) is 3.33. The quantitative estimate of drug-likeness (QED) is 0.739. The van der Waals surface area contributed by atoms with Gasteiger partial charge < -0.3 is 10.6 Å². The molecule has 0 aliphatic heterocycles. The fourth-order valence-electron chi connectivity index (χ4n) is 1.38. The fraction of sp³-hybridized carbons (Fsp3) is 0.444. The number of fused-ring (bicyclic) bond motifs is 1. The van der Waals surface area contributed by atoms with Gasteiger partial charge in [-0.15, -0.1) is 0 Å². The second kappa shape index (κ2) is 4.89. The lowest BCUT2D eigenvalue weighted by molar-refractivity contribution is 0.163. The van der Waals surface area contributed by atoms with E-state index in [1.807, 2.05) is 6.92 Å². The number of nitrogens with one attached hydrogen (secondary N) is 3. The Morgan fingerprint density at radius 1 is 1.35 bits per heavy atom. The van der Waals surface area contributed by atoms with Crippen LogP contribution in [0.3, 0.4) is 0 Å². The fourth-order valence-corrected chi connectivity index (χ4v) is 1.38. The Bertz CT molecular complexity index is 497. The van der Waals surface area contributed by atoms with Crippen LogP contribution in [-0.4, -0.2) is 39.7 Å². The van der Waals surface area contributed by atoms with E-state index in [4.69, 9.17) is 0 Å². The van der Waals surface area contributed by atoms with Gasteiger partial charge in [0.2, 0.25) is 5.95 Å². The van der Waals surface area contributed by atoms with E-state index in [-0.39, 0.29) is 0 Å². The van der Waals surface area contributed by atoms with E-state index in [1.54, 1.807) is 0 Å². The van der Waals surface area contributed by atoms with Gasteiger partial charge in [-0.2, -0.15) is 15.1 Å². The molecule has 0 radical (unpaired) electrons. The zero-order valence-corrected chi connectivity index (χ0v) is 9.17. The Morgan fingerprint density at radius 3 is 2.88 bits per heavy atom. The first-order valence-electron chi connectivity index (χ1n) is 5.17. The highest BCUT2D eigenvalue weighted by molar-refractivity contribution is 5.86. The minimum atomic E-state index is -2.44. The average molecular weight is 242 g/mol. The van der Waals surface area contributed by atoms with Crippen LogP contribution in [0.25, 0.3) is 11.0 Å². The first kappa shape index (κ1) is 11.5. The SMILES string of the molecule is CCNc1nc(NCC(F)F)c2cn[nH]c2n1. The largest absolute Gasteiger partial charge is 0.364 e. The average Bonchev–Trinajstić information content (AvgIpc) is 2.74. The van der Waals surface area contributed by atoms with Gasteiger partial charge in [-0.25, -0.2) is 8.78 Å². The maximum Gasteiger partial charge on any atom is 0.255 e. The number of alkyl halides is 2. The van der Waals surface area contributed by atoms with Crippen LogP contribution < -0.4 is 10.6 Å². The van der Waals surface area contributed by atoms with Crippen molar-refractivity contribution in [1.82, 2.24) is 20.2 Å². The van der Waals surface area contributed by atoms with Crippen LogP contribution >= 0.6 is 0 Å². The number of aromatic nitrogens is 4. The normalized spacial score (nSPS) is 11.1. The van der Waals surface area contributed by atoms with Crippen molar-refractivity contribution in [2.45, 2.75) is 13.3 Å². The highest BCUT2D eigenvalue weighted by atomic mass is 19.3. The van der Waals surface area contributed by atoms with Gasteiger partial charge in [0.1, 0.15) is 5.82 Å². The van der Waals surface area contributed by atoms with Crippen LogP contribution in [0.2, 0.25) is 0 Å². The highest BCUT2D eigenvalue weighted by Gasteiger charge is 2.10. The number of anilines is 2. The number of H-pyrrole nitrogens is 1. The first-order valence-corrected chi connectivity index (χ1v) is 5.17. The Kier molecular flexibility index (Phi) is 3.31. The van der Waals surface area contributed by atoms with E-state index in [2.05, 4.69) is 30.8 Å². The lowest BCUT2D eigenvalue weighted by Crippen LogP contribution is -2.13. The molecular weight excluding hydrogens is 230 g/mol. The molecule has 0 aliphatic carbocycles. The number of aromatic amines is 1. The topological polar surface area (TPSA) is 78.5 Å². The van der Waals surface area contributed by atoms with E-state index >= 15 is 0 Å². The molecule has 17 heavy (non-hydrogen) atoms. The molecular formula is C9H12F2N6. The van der Waals surface area contributed by atoms with Crippen molar-refractivity contribution < 1.29 is 8.78 Å². The molecule has 3 N–H and O–H groups in total. The Hall–Kier alpha value is -1.99. The highest BCUT2D eigenvalue weighted by Crippen LogP contribution is 2.19. The Balaban J connectivity index is 2.32. The summed E-state index contributed by atoms with van der Waals surface area (Å²) in [6.07, 6.45) is -0.937. The summed E-state index contributed by atoms with van der Waals surface area (Å²) in [5, 5.41) is 12.6. The van der Waals surface area contributed by atoms with Crippen molar-refractivity contribution in [1.29, 1.82) is 0 Å². The number of rotatable bonds is 5. The first-order chi connectivity index (χ1) is 8.20. The molecule has 0 bridgehead atoms. The van der Waals surface area contributed by atoms with Gasteiger partial charge in [0.15, 0.2) is 5.65 Å². The number of nitrogens with zero attached hydrogens (tertiary/aromatic N) is 3. The summed E-state index contributed by atoms with van der Waals surface area (Å²) >= 11 is 0. The van der Waals surface area contributed by atoms with Gasteiger partial charge >= 0.3 is 0 Å². The van der Waals surface area contributed by atoms with Crippen LogP contribution in [0.4, 0.5) is 20.5 Å². The number of hydrogen-bond donors (Lipinski definition) is 3. The van der Waals surface area contributed by atoms with Crippen molar-refractivity contribution in [3.05, 3.63) is 6.20 Å². The Labute approximate surface area is 95.8 Å². The molecule has 2 aromatic rings. The predicted octanol–water partition coefficient (Wildman–Crippen LogP) is 1.46.